The Balaban J connectivity index is 1.54. The fourth-order valence-electron chi connectivity index (χ4n) is 8.15. The van der Waals surface area contributed by atoms with E-state index in [1.54, 1.807) is 6.07 Å². The maximum atomic E-state index is 14.1. The van der Waals surface area contributed by atoms with Gasteiger partial charge in [0.05, 0.1) is 56.7 Å². The minimum atomic E-state index is -1.19. The molecule has 4 aromatic carbocycles. The van der Waals surface area contributed by atoms with Gasteiger partial charge in [0.1, 0.15) is 41.1 Å². The number of methoxy groups -OCH3 is 4. The second kappa shape index (κ2) is 33.2. The third kappa shape index (κ3) is 19.2. The summed E-state index contributed by atoms with van der Waals surface area (Å²) in [6.45, 7) is 4.08. The van der Waals surface area contributed by atoms with E-state index in [0.29, 0.717) is 45.2 Å². The Hall–Kier alpha value is -8.36. The van der Waals surface area contributed by atoms with Crippen molar-refractivity contribution in [3.8, 4) is 23.0 Å². The summed E-state index contributed by atoms with van der Waals surface area (Å²) in [5.74, 6) is -4.72. The number of benzene rings is 4. The van der Waals surface area contributed by atoms with Crippen LogP contribution in [-0.2, 0) is 19.2 Å². The van der Waals surface area contributed by atoms with Gasteiger partial charge in [0.2, 0.25) is 23.6 Å². The van der Waals surface area contributed by atoms with Crippen LogP contribution in [0.3, 0.4) is 0 Å². The number of anilines is 4. The summed E-state index contributed by atoms with van der Waals surface area (Å²) in [5.41, 5.74) is 29.5. The highest BCUT2D eigenvalue weighted by Crippen LogP contribution is 2.28. The smallest absolute Gasteiger partial charge is 0.255 e. The molecule has 25 heteroatoms. The molecule has 25 nitrogen and oxygen atoms in total. The van der Waals surface area contributed by atoms with E-state index in [-0.39, 0.29) is 100 Å². The normalized spacial score (nSPS) is 12.3. The highest BCUT2D eigenvalue weighted by atomic mass is 16.5. The minimum absolute atomic E-state index is 0.0168. The Morgan fingerprint density at radius 1 is 0.438 bits per heavy atom. The predicted octanol–water partition coefficient (Wildman–Crippen LogP) is 2.29. The summed E-state index contributed by atoms with van der Waals surface area (Å²) in [7, 11) is 5.43. The van der Waals surface area contributed by atoms with E-state index in [1.165, 1.54) is 95.2 Å². The molecule has 0 aliphatic carbocycles. The topological polar surface area (TPSA) is 400 Å². The molecule has 80 heavy (non-hydrogen) atoms. The molecule has 0 radical (unpaired) electrons. The number of amides is 8. The molecule has 4 atom stereocenters. The second-order valence-corrected chi connectivity index (χ2v) is 18.4. The lowest BCUT2D eigenvalue weighted by atomic mass is 10.1. The van der Waals surface area contributed by atoms with Crippen molar-refractivity contribution in [1.82, 2.24) is 21.3 Å². The third-order valence-electron chi connectivity index (χ3n) is 12.5. The van der Waals surface area contributed by atoms with Crippen LogP contribution in [0.2, 0.25) is 0 Å². The van der Waals surface area contributed by atoms with Gasteiger partial charge in [-0.05, 0) is 163 Å². The van der Waals surface area contributed by atoms with Gasteiger partial charge in [-0.15, -0.1) is 0 Å². The average molecular weight is 1110 g/mol. The van der Waals surface area contributed by atoms with E-state index in [1.807, 2.05) is 6.92 Å². The molecule has 434 valence electrons. The molecule has 4 rings (SSSR count). The van der Waals surface area contributed by atoms with Crippen molar-refractivity contribution in [1.29, 1.82) is 0 Å². The van der Waals surface area contributed by atoms with Gasteiger partial charge in [0, 0.05) is 22.7 Å². The molecule has 0 saturated heterocycles. The van der Waals surface area contributed by atoms with Crippen molar-refractivity contribution in [2.24, 2.45) is 28.7 Å². The molecule has 4 unspecified atom stereocenters. The molecule has 0 saturated carbocycles. The molecule has 0 aliphatic rings. The van der Waals surface area contributed by atoms with E-state index in [4.69, 9.17) is 47.6 Å². The summed E-state index contributed by atoms with van der Waals surface area (Å²) in [6.07, 6.45) is 3.36. The molecule has 0 spiro atoms. The van der Waals surface area contributed by atoms with Crippen LogP contribution in [0.4, 0.5) is 22.7 Å². The number of rotatable bonds is 34. The maximum absolute atomic E-state index is 14.1. The lowest BCUT2D eigenvalue weighted by Crippen LogP contribution is -2.45. The summed E-state index contributed by atoms with van der Waals surface area (Å²) in [4.78, 5) is 109. The summed E-state index contributed by atoms with van der Waals surface area (Å²) >= 11 is 0. The van der Waals surface area contributed by atoms with Crippen LogP contribution >= 0.6 is 0 Å². The van der Waals surface area contributed by atoms with Crippen LogP contribution in [0.5, 0.6) is 23.0 Å². The van der Waals surface area contributed by atoms with Crippen LogP contribution in [0.25, 0.3) is 0 Å². The van der Waals surface area contributed by atoms with Gasteiger partial charge in [0.15, 0.2) is 0 Å². The molecule has 18 N–H and O–H groups in total. The zero-order chi connectivity index (χ0) is 58.7. The minimum Gasteiger partial charge on any atom is -0.496 e. The van der Waals surface area contributed by atoms with Crippen molar-refractivity contribution < 1.29 is 57.3 Å². The summed E-state index contributed by atoms with van der Waals surface area (Å²) < 4.78 is 21.7. The van der Waals surface area contributed by atoms with Crippen LogP contribution in [0.1, 0.15) is 106 Å². The molecular formula is C55H77N13O12. The lowest BCUT2D eigenvalue weighted by molar-refractivity contribution is -0.118. The van der Waals surface area contributed by atoms with E-state index in [0.717, 1.165) is 13.0 Å². The number of carbonyl (C=O) groups is 8. The fraction of sp³-hybridized carbons (Fsp3) is 0.418. The van der Waals surface area contributed by atoms with Gasteiger partial charge in [-0.1, -0.05) is 6.92 Å². The molecule has 0 aromatic heterocycles. The van der Waals surface area contributed by atoms with Crippen LogP contribution in [0, 0.1) is 0 Å². The van der Waals surface area contributed by atoms with Crippen molar-refractivity contribution in [2.75, 3.05) is 82.4 Å². The molecule has 0 aliphatic heterocycles. The quantitative estimate of drug-likeness (QED) is 0.0298. The first-order valence-electron chi connectivity index (χ1n) is 26.2. The van der Waals surface area contributed by atoms with E-state index in [9.17, 15) is 38.4 Å². The highest BCUT2D eigenvalue weighted by Gasteiger charge is 2.29. The van der Waals surface area contributed by atoms with Crippen LogP contribution in [0.15, 0.2) is 72.8 Å². The summed E-state index contributed by atoms with van der Waals surface area (Å²) in [5, 5.41) is 22.5. The fourth-order valence-corrected chi connectivity index (χ4v) is 8.15. The van der Waals surface area contributed by atoms with Crippen molar-refractivity contribution in [2.45, 2.75) is 88.9 Å². The molecule has 0 heterocycles. The Kier molecular flexibility index (Phi) is 26.6. The Morgan fingerprint density at radius 2 is 0.750 bits per heavy atom. The van der Waals surface area contributed by atoms with Gasteiger partial charge >= 0.3 is 0 Å². The number of primary amides is 1. The molecular weight excluding hydrogens is 1030 g/mol. The van der Waals surface area contributed by atoms with Gasteiger partial charge in [-0.3, -0.25) is 38.4 Å². The van der Waals surface area contributed by atoms with Gasteiger partial charge in [-0.2, -0.15) is 0 Å². The number of hydrogen-bond acceptors (Lipinski definition) is 17. The zero-order valence-electron chi connectivity index (χ0n) is 45.9. The van der Waals surface area contributed by atoms with Crippen molar-refractivity contribution >= 4 is 70.0 Å². The number of ether oxygens (including phenoxy) is 4. The second-order valence-electron chi connectivity index (χ2n) is 18.4. The number of nitrogens with two attached hydrogens (primary N) is 5. The van der Waals surface area contributed by atoms with Gasteiger partial charge in [0.25, 0.3) is 23.6 Å². The number of carbonyl (C=O) groups excluding carboxylic acids is 8. The monoisotopic (exact) mass is 1110 g/mol. The first kappa shape index (κ1) is 64.2. The zero-order valence-corrected chi connectivity index (χ0v) is 45.9. The maximum Gasteiger partial charge on any atom is 0.255 e. The van der Waals surface area contributed by atoms with Gasteiger partial charge in [-0.25, -0.2) is 0 Å². The molecule has 4 aromatic rings. The average Bonchev–Trinajstić information content (AvgIpc) is 3.49. The Bertz CT molecular complexity index is 2780. The molecule has 0 fully saturated rings. The van der Waals surface area contributed by atoms with E-state index < -0.39 is 71.4 Å². The van der Waals surface area contributed by atoms with Gasteiger partial charge < -0.3 is 90.2 Å². The first-order chi connectivity index (χ1) is 38.4. The third-order valence-corrected chi connectivity index (χ3v) is 12.5. The Morgan fingerprint density at radius 3 is 1.07 bits per heavy atom. The number of nitrogens with one attached hydrogen (secondary N) is 8. The van der Waals surface area contributed by atoms with Crippen LogP contribution < -0.4 is 90.2 Å². The SMILES string of the molecule is CCCNCCCC(NC(=O)c1cc(NC(=O)C(CCCN)NC(=O)c2cc(NC(=O)C(CCCN)NC(=O)c3cc(NC(=O)C(N)CCCN)ccc3OC)ccc2OC)ccc1OC)C(=O)Nc1ccc(OC)c(C(N)=O)c1. The van der Waals surface area contributed by atoms with E-state index >= 15 is 0 Å². The van der Waals surface area contributed by atoms with Crippen LogP contribution in [-0.4, -0.2) is 133 Å². The van der Waals surface area contributed by atoms with Crippen molar-refractivity contribution in [3.63, 3.8) is 0 Å². The Labute approximate surface area is 465 Å². The number of hydrogen-bond donors (Lipinski definition) is 13. The molecule has 8 amide bonds. The largest absolute Gasteiger partial charge is 0.496 e. The summed E-state index contributed by atoms with van der Waals surface area (Å²) in [6, 6.07) is 13.2. The predicted molar refractivity (Wildman–Crippen MR) is 304 cm³/mol. The molecule has 0 bridgehead atoms. The highest BCUT2D eigenvalue weighted by molar-refractivity contribution is 6.07. The van der Waals surface area contributed by atoms with E-state index in [2.05, 4.69) is 42.5 Å². The van der Waals surface area contributed by atoms with Crippen molar-refractivity contribution in [3.05, 3.63) is 95.1 Å². The lowest BCUT2D eigenvalue weighted by Gasteiger charge is -2.22. The standard InChI is InChI=1S/C55H77N13O12/c1-6-26-61-27-10-14-43(55(76)63-32-15-19-44(77-2)36(28-32)48(60)69)68-51(72)39-31-35(18-22-47(39)80-5)65-54(75)42(13-9-25-58)67-50(71)38-30-34(17-21-46(38)79-4)64-53(74)41(12-8-24-57)66-49(70)37-29-33(16-20-45(37)78-3)62-52(73)40(59)11-7-23-56/h15-22,28-31,40-43,61H,6-14,23-27,56-59H2,1-5H3,(H2,60,69)(H,62,73)(H,63,76)(H,64,74)(H,65,75)(H,66,70)(H,67,71)(H,68,72). The first-order valence-corrected chi connectivity index (χ1v) is 26.2.